The van der Waals surface area contributed by atoms with Gasteiger partial charge in [0.2, 0.25) is 5.01 Å². The Morgan fingerprint density at radius 1 is 1.17 bits per heavy atom. The summed E-state index contributed by atoms with van der Waals surface area (Å²) in [7, 11) is 0. The molecule has 30 heavy (non-hydrogen) atoms. The van der Waals surface area contributed by atoms with Gasteiger partial charge in [-0.1, -0.05) is 40.8 Å². The average Bonchev–Trinajstić information content (AvgIpc) is 3.37. The first-order chi connectivity index (χ1) is 14.5. The van der Waals surface area contributed by atoms with Crippen molar-refractivity contribution in [2.24, 2.45) is 0 Å². The van der Waals surface area contributed by atoms with E-state index in [4.69, 9.17) is 0 Å². The van der Waals surface area contributed by atoms with Crippen LogP contribution in [0.25, 0.3) is 5.69 Å². The highest BCUT2D eigenvalue weighted by atomic mass is 32.2. The van der Waals surface area contributed by atoms with Crippen LogP contribution in [0.15, 0.2) is 60.0 Å². The predicted octanol–water partition coefficient (Wildman–Crippen LogP) is 5.02. The first kappa shape index (κ1) is 20.2. The van der Waals surface area contributed by atoms with Crippen molar-refractivity contribution in [3.05, 3.63) is 81.8 Å². The zero-order chi connectivity index (χ0) is 21.1. The van der Waals surface area contributed by atoms with Crippen LogP contribution in [-0.2, 0) is 5.75 Å². The van der Waals surface area contributed by atoms with Crippen LogP contribution in [0, 0.1) is 19.7 Å². The first-order valence-electron chi connectivity index (χ1n) is 9.12. The van der Waals surface area contributed by atoms with Gasteiger partial charge in [0.25, 0.3) is 5.91 Å². The summed E-state index contributed by atoms with van der Waals surface area (Å²) in [6, 6.07) is 11.9. The molecule has 0 aliphatic carbocycles. The minimum Gasteiger partial charge on any atom is -0.320 e. The lowest BCUT2D eigenvalue weighted by atomic mass is 10.1. The molecule has 0 aliphatic heterocycles. The SMILES string of the molecule is Cc1ccc(-n2ccnc2SCc2nnc(C(=O)Nc3ccc(F)cc3)s2)c(C)c1. The summed E-state index contributed by atoms with van der Waals surface area (Å²) in [5.41, 5.74) is 3.97. The maximum Gasteiger partial charge on any atom is 0.286 e. The maximum atomic E-state index is 13.0. The van der Waals surface area contributed by atoms with Gasteiger partial charge in [-0.05, 0) is 49.7 Å². The highest BCUT2D eigenvalue weighted by molar-refractivity contribution is 7.98. The summed E-state index contributed by atoms with van der Waals surface area (Å²) in [6.45, 7) is 4.15. The van der Waals surface area contributed by atoms with Gasteiger partial charge < -0.3 is 5.32 Å². The van der Waals surface area contributed by atoms with Crippen molar-refractivity contribution < 1.29 is 9.18 Å². The lowest BCUT2D eigenvalue weighted by Gasteiger charge is -2.10. The number of aryl methyl sites for hydroxylation is 2. The van der Waals surface area contributed by atoms with Gasteiger partial charge in [0, 0.05) is 18.1 Å². The van der Waals surface area contributed by atoms with Gasteiger partial charge in [0.1, 0.15) is 10.8 Å². The van der Waals surface area contributed by atoms with Crippen LogP contribution in [0.3, 0.4) is 0 Å². The Kier molecular flexibility index (Phi) is 5.91. The Hall–Kier alpha value is -3.04. The monoisotopic (exact) mass is 439 g/mol. The first-order valence-corrected chi connectivity index (χ1v) is 10.9. The van der Waals surface area contributed by atoms with E-state index < -0.39 is 0 Å². The standard InChI is InChI=1S/C21H18FN5OS2/c1-13-3-8-17(14(2)11-13)27-10-9-23-21(27)29-12-18-25-26-20(30-18)19(28)24-16-6-4-15(22)5-7-16/h3-11H,12H2,1-2H3,(H,24,28). The molecule has 9 heteroatoms. The molecule has 0 radical (unpaired) electrons. The van der Waals surface area contributed by atoms with Gasteiger partial charge in [0.15, 0.2) is 5.16 Å². The van der Waals surface area contributed by atoms with Crippen LogP contribution >= 0.6 is 23.1 Å². The fraction of sp³-hybridized carbons (Fsp3) is 0.143. The number of amides is 1. The number of rotatable bonds is 6. The predicted molar refractivity (Wildman–Crippen MR) is 117 cm³/mol. The molecule has 1 N–H and O–H groups in total. The van der Waals surface area contributed by atoms with Crippen molar-refractivity contribution >= 4 is 34.7 Å². The Morgan fingerprint density at radius 3 is 2.73 bits per heavy atom. The molecule has 0 saturated carbocycles. The van der Waals surface area contributed by atoms with E-state index in [-0.39, 0.29) is 16.7 Å². The van der Waals surface area contributed by atoms with E-state index in [9.17, 15) is 9.18 Å². The van der Waals surface area contributed by atoms with Gasteiger partial charge in [0.05, 0.1) is 11.4 Å². The third kappa shape index (κ3) is 4.58. The molecule has 0 fully saturated rings. The van der Waals surface area contributed by atoms with E-state index in [0.29, 0.717) is 11.4 Å². The summed E-state index contributed by atoms with van der Waals surface area (Å²) in [6.07, 6.45) is 3.70. The number of carbonyl (C=O) groups excluding carboxylic acids is 1. The lowest BCUT2D eigenvalue weighted by molar-refractivity contribution is 0.102. The van der Waals surface area contributed by atoms with Crippen LogP contribution in [0.5, 0.6) is 0 Å². The average molecular weight is 440 g/mol. The molecule has 0 spiro atoms. The molecule has 0 atom stereocenters. The fourth-order valence-corrected chi connectivity index (χ4v) is 4.59. The van der Waals surface area contributed by atoms with E-state index in [1.165, 1.54) is 58.5 Å². The van der Waals surface area contributed by atoms with Gasteiger partial charge >= 0.3 is 0 Å². The number of benzene rings is 2. The summed E-state index contributed by atoms with van der Waals surface area (Å²) in [5, 5.41) is 12.6. The van der Waals surface area contributed by atoms with Crippen molar-refractivity contribution in [2.75, 3.05) is 5.32 Å². The van der Waals surface area contributed by atoms with Crippen molar-refractivity contribution in [1.82, 2.24) is 19.7 Å². The minimum atomic E-state index is -0.368. The second-order valence-corrected chi connectivity index (χ2v) is 8.62. The number of carbonyl (C=O) groups is 1. The largest absolute Gasteiger partial charge is 0.320 e. The quantitative estimate of drug-likeness (QED) is 0.427. The Bertz CT molecular complexity index is 1190. The zero-order valence-corrected chi connectivity index (χ0v) is 17.9. The summed E-state index contributed by atoms with van der Waals surface area (Å²) in [4.78, 5) is 16.8. The molecule has 1 amide bonds. The summed E-state index contributed by atoms with van der Waals surface area (Å²) in [5.74, 6) is -0.182. The van der Waals surface area contributed by atoms with E-state index in [0.717, 1.165) is 15.9 Å². The van der Waals surface area contributed by atoms with Crippen molar-refractivity contribution in [2.45, 2.75) is 24.8 Å². The van der Waals surface area contributed by atoms with Crippen LogP contribution in [0.1, 0.15) is 25.9 Å². The Balaban J connectivity index is 1.42. The number of hydrogen-bond donors (Lipinski definition) is 1. The molecule has 0 saturated heterocycles. The van der Waals surface area contributed by atoms with E-state index in [2.05, 4.69) is 52.5 Å². The van der Waals surface area contributed by atoms with Gasteiger partial charge in [-0.2, -0.15) is 0 Å². The number of thioether (sulfide) groups is 1. The van der Waals surface area contributed by atoms with Crippen LogP contribution in [0.4, 0.5) is 10.1 Å². The molecule has 0 bridgehead atoms. The molecule has 2 heterocycles. The number of halogens is 1. The number of hydrogen-bond acceptors (Lipinski definition) is 6. The molecule has 6 nitrogen and oxygen atoms in total. The highest BCUT2D eigenvalue weighted by Gasteiger charge is 2.15. The fourth-order valence-electron chi connectivity index (χ4n) is 2.90. The maximum absolute atomic E-state index is 13.0. The molecular weight excluding hydrogens is 421 g/mol. The highest BCUT2D eigenvalue weighted by Crippen LogP contribution is 2.27. The number of nitrogens with one attached hydrogen (secondary N) is 1. The van der Waals surface area contributed by atoms with E-state index in [1.807, 2.05) is 10.8 Å². The smallest absolute Gasteiger partial charge is 0.286 e. The summed E-state index contributed by atoms with van der Waals surface area (Å²) < 4.78 is 15.0. The molecule has 4 aromatic rings. The molecule has 2 aromatic carbocycles. The zero-order valence-electron chi connectivity index (χ0n) is 16.3. The normalized spacial score (nSPS) is 10.9. The van der Waals surface area contributed by atoms with Gasteiger partial charge in [-0.25, -0.2) is 9.37 Å². The van der Waals surface area contributed by atoms with Crippen molar-refractivity contribution in [1.29, 1.82) is 0 Å². The van der Waals surface area contributed by atoms with Crippen molar-refractivity contribution in [3.8, 4) is 5.69 Å². The lowest BCUT2D eigenvalue weighted by Crippen LogP contribution is -2.11. The molecule has 4 rings (SSSR count). The molecular formula is C21H18FN5OS2. The molecule has 0 aliphatic rings. The molecule has 152 valence electrons. The third-order valence-corrected chi connectivity index (χ3v) is 6.39. The Morgan fingerprint density at radius 2 is 1.97 bits per heavy atom. The number of aromatic nitrogens is 4. The second-order valence-electron chi connectivity index (χ2n) is 6.62. The van der Waals surface area contributed by atoms with Crippen LogP contribution < -0.4 is 5.32 Å². The molecule has 2 aromatic heterocycles. The van der Waals surface area contributed by atoms with Gasteiger partial charge in [-0.3, -0.25) is 9.36 Å². The minimum absolute atomic E-state index is 0.257. The Labute approximate surface area is 181 Å². The number of nitrogens with zero attached hydrogens (tertiary/aromatic N) is 4. The number of anilines is 1. The van der Waals surface area contributed by atoms with Crippen molar-refractivity contribution in [3.63, 3.8) is 0 Å². The second kappa shape index (κ2) is 8.76. The number of imidazole rings is 1. The molecule has 0 unspecified atom stereocenters. The topological polar surface area (TPSA) is 72.7 Å². The third-order valence-electron chi connectivity index (χ3n) is 4.31. The van der Waals surface area contributed by atoms with E-state index in [1.54, 1.807) is 6.20 Å². The van der Waals surface area contributed by atoms with E-state index >= 15 is 0 Å². The summed E-state index contributed by atoms with van der Waals surface area (Å²) >= 11 is 2.76. The van der Waals surface area contributed by atoms with Crippen LogP contribution in [0.2, 0.25) is 0 Å². The van der Waals surface area contributed by atoms with Gasteiger partial charge in [-0.15, -0.1) is 10.2 Å². The van der Waals surface area contributed by atoms with Crippen LogP contribution in [-0.4, -0.2) is 25.7 Å².